The molecule has 0 spiro atoms. The van der Waals surface area contributed by atoms with Crippen LogP contribution in [0.5, 0.6) is 0 Å². The van der Waals surface area contributed by atoms with Crippen molar-refractivity contribution in [3.8, 4) is 0 Å². The van der Waals surface area contributed by atoms with E-state index in [2.05, 4.69) is 20.9 Å². The number of hydrogen-bond acceptors (Lipinski definition) is 3. The second-order valence-electron chi connectivity index (χ2n) is 2.69. The van der Waals surface area contributed by atoms with Crippen LogP contribution in [0, 0.1) is 6.92 Å². The molecule has 0 saturated carbocycles. The summed E-state index contributed by atoms with van der Waals surface area (Å²) in [6.45, 7) is 1.34. The molecule has 15 heavy (non-hydrogen) atoms. The Morgan fingerprint density at radius 2 is 2.07 bits per heavy atom. The Morgan fingerprint density at radius 3 is 2.47 bits per heavy atom. The molecule has 1 rings (SSSR count). The number of hydrogen-bond donors (Lipinski definition) is 0. The number of halogens is 4. The van der Waals surface area contributed by atoms with Crippen LogP contribution in [0.1, 0.15) is 17.7 Å². The zero-order valence-electron chi connectivity index (χ0n) is 7.34. The predicted molar refractivity (Wildman–Crippen MR) is 54.7 cm³/mol. The van der Waals surface area contributed by atoms with Gasteiger partial charge in [-0.1, -0.05) is 0 Å². The molecule has 0 aliphatic carbocycles. The molecule has 1 aromatic heterocycles. The van der Waals surface area contributed by atoms with E-state index >= 15 is 0 Å². The minimum absolute atomic E-state index is 0.0165. The molecule has 0 bridgehead atoms. The standard InChI is InChI=1S/C7H5BrClF2NO2S/c1-3-5(8)4(15(9,13)14)2-12-6(3)7(10)11/h2,7H,1H3. The summed E-state index contributed by atoms with van der Waals surface area (Å²) in [5, 5.41) is 0. The van der Waals surface area contributed by atoms with Crippen LogP contribution in [-0.2, 0) is 9.05 Å². The third-order valence-electron chi connectivity index (χ3n) is 1.72. The van der Waals surface area contributed by atoms with Crippen LogP contribution < -0.4 is 0 Å². The SMILES string of the molecule is Cc1c(C(F)F)ncc(S(=O)(=O)Cl)c1Br. The highest BCUT2D eigenvalue weighted by molar-refractivity contribution is 9.10. The molecule has 0 aromatic carbocycles. The van der Waals surface area contributed by atoms with E-state index in [1.165, 1.54) is 6.92 Å². The Balaban J connectivity index is 3.48. The lowest BCUT2D eigenvalue weighted by atomic mass is 10.2. The molecule has 0 aliphatic rings. The normalized spacial score (nSPS) is 12.1. The van der Waals surface area contributed by atoms with Gasteiger partial charge in [-0.15, -0.1) is 0 Å². The Labute approximate surface area is 98.0 Å². The van der Waals surface area contributed by atoms with Crippen molar-refractivity contribution in [3.05, 3.63) is 21.9 Å². The average Bonchev–Trinajstić information content (AvgIpc) is 2.06. The van der Waals surface area contributed by atoms with E-state index in [9.17, 15) is 17.2 Å². The van der Waals surface area contributed by atoms with Gasteiger partial charge >= 0.3 is 0 Å². The van der Waals surface area contributed by atoms with Gasteiger partial charge in [-0.25, -0.2) is 17.2 Å². The maximum Gasteiger partial charge on any atom is 0.280 e. The zero-order valence-corrected chi connectivity index (χ0v) is 10.5. The van der Waals surface area contributed by atoms with Gasteiger partial charge in [0.05, 0.1) is 0 Å². The molecule has 3 nitrogen and oxygen atoms in total. The molecule has 1 aromatic rings. The molecule has 1 heterocycles. The fourth-order valence-corrected chi connectivity index (χ4v) is 3.09. The molecule has 0 radical (unpaired) electrons. The van der Waals surface area contributed by atoms with Crippen molar-refractivity contribution in [2.45, 2.75) is 18.2 Å². The lowest BCUT2D eigenvalue weighted by Crippen LogP contribution is -2.01. The predicted octanol–water partition coefficient (Wildman–Crippen LogP) is 3.02. The lowest BCUT2D eigenvalue weighted by molar-refractivity contribution is 0.145. The van der Waals surface area contributed by atoms with Crippen molar-refractivity contribution in [3.63, 3.8) is 0 Å². The highest BCUT2D eigenvalue weighted by Crippen LogP contribution is 2.32. The van der Waals surface area contributed by atoms with E-state index < -0.39 is 21.2 Å². The van der Waals surface area contributed by atoms with Gasteiger partial charge < -0.3 is 0 Å². The van der Waals surface area contributed by atoms with Crippen LogP contribution in [0.25, 0.3) is 0 Å². The topological polar surface area (TPSA) is 47.0 Å². The highest BCUT2D eigenvalue weighted by atomic mass is 79.9. The first-order chi connectivity index (χ1) is 6.75. The van der Waals surface area contributed by atoms with Crippen LogP contribution in [-0.4, -0.2) is 13.4 Å². The van der Waals surface area contributed by atoms with E-state index in [0.29, 0.717) is 0 Å². The summed E-state index contributed by atoms with van der Waals surface area (Å²) in [5.74, 6) is 0. The summed E-state index contributed by atoms with van der Waals surface area (Å²) in [6.07, 6.45) is -1.95. The maximum atomic E-state index is 12.4. The van der Waals surface area contributed by atoms with Gasteiger partial charge in [-0.3, -0.25) is 4.98 Å². The van der Waals surface area contributed by atoms with Crippen LogP contribution in [0.4, 0.5) is 8.78 Å². The van der Waals surface area contributed by atoms with Crippen molar-refractivity contribution in [2.75, 3.05) is 0 Å². The first-order valence-electron chi connectivity index (χ1n) is 3.63. The monoisotopic (exact) mass is 319 g/mol. The molecule has 8 heteroatoms. The fraction of sp³-hybridized carbons (Fsp3) is 0.286. The first kappa shape index (κ1) is 12.8. The molecule has 0 fully saturated rings. The Hall–Kier alpha value is -0.270. The molecule has 0 amide bonds. The summed E-state index contributed by atoms with van der Waals surface area (Å²) >= 11 is 2.90. The lowest BCUT2D eigenvalue weighted by Gasteiger charge is -2.08. The van der Waals surface area contributed by atoms with E-state index in [1.807, 2.05) is 0 Å². The van der Waals surface area contributed by atoms with E-state index in [1.54, 1.807) is 0 Å². The van der Waals surface area contributed by atoms with Crippen LogP contribution >= 0.6 is 26.6 Å². The second kappa shape index (κ2) is 4.31. The fourth-order valence-electron chi connectivity index (χ4n) is 0.969. The molecular formula is C7H5BrClF2NO2S. The molecule has 0 aliphatic heterocycles. The van der Waals surface area contributed by atoms with Crippen molar-refractivity contribution in [2.24, 2.45) is 0 Å². The van der Waals surface area contributed by atoms with Gasteiger partial charge in [0.1, 0.15) is 10.6 Å². The first-order valence-corrected chi connectivity index (χ1v) is 6.73. The Morgan fingerprint density at radius 1 is 1.53 bits per heavy atom. The largest absolute Gasteiger partial charge is 0.280 e. The molecule has 84 valence electrons. The quantitative estimate of drug-likeness (QED) is 0.787. The van der Waals surface area contributed by atoms with E-state index in [0.717, 1.165) is 6.20 Å². The van der Waals surface area contributed by atoms with Gasteiger partial charge in [0.2, 0.25) is 0 Å². The highest BCUT2D eigenvalue weighted by Gasteiger charge is 2.22. The molecule has 0 saturated heterocycles. The third-order valence-corrected chi connectivity index (χ3v) is 4.34. The van der Waals surface area contributed by atoms with Gasteiger partial charge in [0, 0.05) is 21.4 Å². The van der Waals surface area contributed by atoms with Crippen molar-refractivity contribution in [1.82, 2.24) is 4.98 Å². The molecule has 0 N–H and O–H groups in total. The molecule has 0 atom stereocenters. The Kier molecular flexibility index (Phi) is 3.67. The van der Waals surface area contributed by atoms with Crippen LogP contribution in [0.15, 0.2) is 15.6 Å². The molecule has 0 unspecified atom stereocenters. The second-order valence-corrected chi connectivity index (χ2v) is 6.01. The number of rotatable bonds is 2. The third kappa shape index (κ3) is 2.64. The van der Waals surface area contributed by atoms with Crippen molar-refractivity contribution >= 4 is 35.7 Å². The summed E-state index contributed by atoms with van der Waals surface area (Å²) in [7, 11) is 1.10. The number of aromatic nitrogens is 1. The van der Waals surface area contributed by atoms with Crippen molar-refractivity contribution < 1.29 is 17.2 Å². The van der Waals surface area contributed by atoms with E-state index in [-0.39, 0.29) is 14.9 Å². The maximum absolute atomic E-state index is 12.4. The van der Waals surface area contributed by atoms with Crippen LogP contribution in [0.3, 0.4) is 0 Å². The molecular weight excluding hydrogens is 316 g/mol. The van der Waals surface area contributed by atoms with Gasteiger partial charge in [0.15, 0.2) is 0 Å². The summed E-state index contributed by atoms with van der Waals surface area (Å²) in [4.78, 5) is 3.05. The minimum atomic E-state index is -3.98. The van der Waals surface area contributed by atoms with Gasteiger partial charge in [-0.05, 0) is 28.4 Å². The summed E-state index contributed by atoms with van der Waals surface area (Å²) in [6, 6.07) is 0. The van der Waals surface area contributed by atoms with Gasteiger partial charge in [0.25, 0.3) is 15.5 Å². The van der Waals surface area contributed by atoms with E-state index in [4.69, 9.17) is 10.7 Å². The Bertz CT molecular complexity index is 492. The average molecular weight is 321 g/mol. The number of alkyl halides is 2. The zero-order chi connectivity index (χ0) is 11.8. The van der Waals surface area contributed by atoms with Crippen molar-refractivity contribution in [1.29, 1.82) is 0 Å². The number of pyridine rings is 1. The summed E-state index contributed by atoms with van der Waals surface area (Å²) in [5.41, 5.74) is -0.405. The number of nitrogens with zero attached hydrogens (tertiary/aromatic N) is 1. The minimum Gasteiger partial charge on any atom is -0.254 e. The van der Waals surface area contributed by atoms with Crippen LogP contribution in [0.2, 0.25) is 0 Å². The smallest absolute Gasteiger partial charge is 0.254 e. The summed E-state index contributed by atoms with van der Waals surface area (Å²) < 4.78 is 46.7. The van der Waals surface area contributed by atoms with Gasteiger partial charge in [-0.2, -0.15) is 0 Å².